The van der Waals surface area contributed by atoms with Gasteiger partial charge in [-0.25, -0.2) is 17.6 Å². The smallest absolute Gasteiger partial charge is 0.338 e. The zero-order valence-electron chi connectivity index (χ0n) is 19.5. The lowest BCUT2D eigenvalue weighted by molar-refractivity contribution is -0.122. The summed E-state index contributed by atoms with van der Waals surface area (Å²) in [5.41, 5.74) is 1.14. The lowest BCUT2D eigenvalue weighted by Gasteiger charge is -2.29. The molecule has 1 saturated heterocycles. The number of amides is 1. The van der Waals surface area contributed by atoms with Crippen molar-refractivity contribution in [3.05, 3.63) is 58.6 Å². The predicted octanol–water partition coefficient (Wildman–Crippen LogP) is 3.18. The Kier molecular flexibility index (Phi) is 7.68. The van der Waals surface area contributed by atoms with Gasteiger partial charge in [-0.05, 0) is 62.2 Å². The van der Waals surface area contributed by atoms with Crippen molar-refractivity contribution < 1.29 is 27.1 Å². The van der Waals surface area contributed by atoms with Crippen molar-refractivity contribution in [1.29, 1.82) is 0 Å². The van der Waals surface area contributed by atoms with Crippen LogP contribution in [0.3, 0.4) is 0 Å². The number of fused-ring (bicyclic) bond motifs is 1. The van der Waals surface area contributed by atoms with E-state index >= 15 is 0 Å². The quantitative estimate of drug-likeness (QED) is 0.361. The summed E-state index contributed by atoms with van der Waals surface area (Å²) in [6.45, 7) is 2.50. The number of esters is 1. The second-order valence-corrected chi connectivity index (χ2v) is 11.1. The van der Waals surface area contributed by atoms with E-state index in [2.05, 4.69) is 10.9 Å². The molecule has 0 N–H and O–H groups in total. The van der Waals surface area contributed by atoms with E-state index < -0.39 is 27.7 Å². The summed E-state index contributed by atoms with van der Waals surface area (Å²) in [4.78, 5) is 29.9. The number of carbonyl (C=O) groups excluding carboxylic acids is 2. The van der Waals surface area contributed by atoms with E-state index in [0.29, 0.717) is 23.2 Å². The van der Waals surface area contributed by atoms with Gasteiger partial charge in [-0.2, -0.15) is 9.30 Å². The summed E-state index contributed by atoms with van der Waals surface area (Å²) in [5, 5.41) is 0. The summed E-state index contributed by atoms with van der Waals surface area (Å²) >= 11 is 1.24. The minimum atomic E-state index is -3.77. The van der Waals surface area contributed by atoms with Crippen LogP contribution in [0.2, 0.25) is 0 Å². The van der Waals surface area contributed by atoms with Crippen LogP contribution in [0, 0.1) is 24.1 Å². The van der Waals surface area contributed by atoms with E-state index in [-0.39, 0.29) is 37.0 Å². The van der Waals surface area contributed by atoms with Gasteiger partial charge in [0.2, 0.25) is 10.0 Å². The summed E-state index contributed by atoms with van der Waals surface area (Å²) < 4.78 is 47.7. The molecule has 8 nitrogen and oxygen atoms in total. The predicted molar refractivity (Wildman–Crippen MR) is 133 cm³/mol. The maximum absolute atomic E-state index is 13.2. The lowest BCUT2D eigenvalue weighted by atomic mass is 9.98. The van der Waals surface area contributed by atoms with Gasteiger partial charge in [0, 0.05) is 19.0 Å². The van der Waals surface area contributed by atoms with E-state index in [4.69, 9.17) is 11.2 Å². The molecule has 1 fully saturated rings. The van der Waals surface area contributed by atoms with Crippen LogP contribution in [0.15, 0.2) is 52.4 Å². The largest absolute Gasteiger partial charge is 0.462 e. The van der Waals surface area contributed by atoms with Crippen LogP contribution in [0.1, 0.15) is 30.1 Å². The van der Waals surface area contributed by atoms with Gasteiger partial charge in [-0.1, -0.05) is 17.3 Å². The molecule has 1 aliphatic heterocycles. The first kappa shape index (κ1) is 25.8. The molecule has 0 radical (unpaired) electrons. The van der Waals surface area contributed by atoms with Gasteiger partial charge >= 0.3 is 5.97 Å². The number of hydrogen-bond acceptors (Lipinski definition) is 6. The van der Waals surface area contributed by atoms with Crippen LogP contribution >= 0.6 is 11.3 Å². The number of rotatable bonds is 6. The zero-order chi connectivity index (χ0) is 25.9. The van der Waals surface area contributed by atoms with E-state index in [1.54, 1.807) is 29.7 Å². The molecule has 0 unspecified atom stereocenters. The minimum absolute atomic E-state index is 0.0150. The van der Waals surface area contributed by atoms with Crippen molar-refractivity contribution in [1.82, 2.24) is 8.87 Å². The van der Waals surface area contributed by atoms with E-state index in [0.717, 1.165) is 22.3 Å². The molecule has 0 bridgehead atoms. The number of carbonyl (C=O) groups is 2. The number of aromatic nitrogens is 1. The fraction of sp³-hybridized carbons (Fsp3) is 0.320. The summed E-state index contributed by atoms with van der Waals surface area (Å²) in [7, 11) is -3.77. The number of piperidine rings is 1. The number of ether oxygens (including phenoxy) is 1. The topological polar surface area (TPSA) is 98.0 Å². The molecule has 0 aliphatic carbocycles. The fourth-order valence-electron chi connectivity index (χ4n) is 4.03. The number of benzene rings is 2. The minimum Gasteiger partial charge on any atom is -0.462 e. The molecule has 3 aromatic rings. The highest BCUT2D eigenvalue weighted by molar-refractivity contribution is 7.89. The first-order valence-corrected chi connectivity index (χ1v) is 13.6. The lowest BCUT2D eigenvalue weighted by Crippen LogP contribution is -2.40. The molecule has 0 spiro atoms. The highest BCUT2D eigenvalue weighted by atomic mass is 32.2. The van der Waals surface area contributed by atoms with Crippen molar-refractivity contribution in [2.24, 2.45) is 10.9 Å². The van der Waals surface area contributed by atoms with Crippen molar-refractivity contribution in [2.45, 2.75) is 31.2 Å². The maximum Gasteiger partial charge on any atom is 0.338 e. The second-order valence-electron chi connectivity index (χ2n) is 8.16. The van der Waals surface area contributed by atoms with Crippen LogP contribution in [-0.4, -0.2) is 48.9 Å². The normalized spacial score (nSPS) is 15.6. The van der Waals surface area contributed by atoms with Gasteiger partial charge in [-0.3, -0.25) is 4.79 Å². The Bertz CT molecular complexity index is 1510. The number of hydrogen-bond donors (Lipinski definition) is 0. The highest BCUT2D eigenvalue weighted by Crippen LogP contribution is 2.25. The van der Waals surface area contributed by atoms with Crippen LogP contribution in [0.4, 0.5) is 4.39 Å². The standard InChI is InChI=1S/C25H24FN3O5S2/c1-3-13-29-21-10-5-18(24(31)34-4-2)16-22(21)35-25(29)27-23(30)17-11-14-28(15-12-17)36(32,33)20-8-6-19(26)7-9-20/h1,5-10,16-17H,4,11-15H2,2H3. The molecule has 1 aliphatic rings. The van der Waals surface area contributed by atoms with Gasteiger partial charge in [0.1, 0.15) is 5.82 Å². The average molecular weight is 530 g/mol. The SMILES string of the molecule is C#CCn1c(=NC(=O)C2CCN(S(=O)(=O)c3ccc(F)cc3)CC2)sc2cc(C(=O)OCC)ccc21. The molecule has 1 amide bonds. The van der Waals surface area contributed by atoms with Crippen LogP contribution in [0.25, 0.3) is 10.2 Å². The molecule has 11 heteroatoms. The highest BCUT2D eigenvalue weighted by Gasteiger charge is 2.32. The number of thiazole rings is 1. The molecule has 0 saturated carbocycles. The van der Waals surface area contributed by atoms with Crippen molar-refractivity contribution in [2.75, 3.05) is 19.7 Å². The van der Waals surface area contributed by atoms with Gasteiger partial charge in [-0.15, -0.1) is 6.42 Å². The third-order valence-corrected chi connectivity index (χ3v) is 8.86. The summed E-state index contributed by atoms with van der Waals surface area (Å²) in [5.74, 6) is 0.823. The van der Waals surface area contributed by atoms with Gasteiger partial charge in [0.25, 0.3) is 5.91 Å². The van der Waals surface area contributed by atoms with E-state index in [1.165, 1.54) is 27.8 Å². The number of terminal acetylenes is 1. The summed E-state index contributed by atoms with van der Waals surface area (Å²) in [6, 6.07) is 9.75. The molecular formula is C25H24FN3O5S2. The molecule has 2 heterocycles. The Morgan fingerprint density at radius 3 is 2.53 bits per heavy atom. The molecule has 2 aromatic carbocycles. The molecule has 36 heavy (non-hydrogen) atoms. The third-order valence-electron chi connectivity index (χ3n) is 5.90. The second kappa shape index (κ2) is 10.7. The summed E-state index contributed by atoms with van der Waals surface area (Å²) in [6.07, 6.45) is 6.16. The monoisotopic (exact) mass is 529 g/mol. The zero-order valence-corrected chi connectivity index (χ0v) is 21.1. The van der Waals surface area contributed by atoms with Gasteiger partial charge < -0.3 is 9.30 Å². The van der Waals surface area contributed by atoms with Crippen molar-refractivity contribution in [3.63, 3.8) is 0 Å². The Morgan fingerprint density at radius 2 is 1.89 bits per heavy atom. The van der Waals surface area contributed by atoms with Crippen LogP contribution in [0.5, 0.6) is 0 Å². The third kappa shape index (κ3) is 5.26. The maximum atomic E-state index is 13.2. The molecule has 4 rings (SSSR count). The average Bonchev–Trinajstić information content (AvgIpc) is 3.20. The first-order chi connectivity index (χ1) is 17.2. The molecule has 0 atom stereocenters. The first-order valence-electron chi connectivity index (χ1n) is 11.3. The Labute approximate surface area is 212 Å². The number of sulfonamides is 1. The Morgan fingerprint density at radius 1 is 1.19 bits per heavy atom. The molecule has 188 valence electrons. The van der Waals surface area contributed by atoms with Crippen LogP contribution < -0.4 is 4.80 Å². The Balaban J connectivity index is 1.54. The Hall–Kier alpha value is -3.33. The van der Waals surface area contributed by atoms with Crippen molar-refractivity contribution in [3.8, 4) is 12.3 Å². The molecule has 1 aromatic heterocycles. The number of nitrogens with zero attached hydrogens (tertiary/aromatic N) is 3. The van der Waals surface area contributed by atoms with Gasteiger partial charge in [0.15, 0.2) is 4.80 Å². The van der Waals surface area contributed by atoms with E-state index in [1.807, 2.05) is 0 Å². The molecular weight excluding hydrogens is 505 g/mol. The fourth-order valence-corrected chi connectivity index (χ4v) is 6.57. The van der Waals surface area contributed by atoms with Crippen molar-refractivity contribution >= 4 is 43.5 Å². The number of halogens is 1. The van der Waals surface area contributed by atoms with Gasteiger partial charge in [0.05, 0.1) is 33.8 Å². The van der Waals surface area contributed by atoms with Crippen LogP contribution in [-0.2, 0) is 26.1 Å². The van der Waals surface area contributed by atoms with E-state index in [9.17, 15) is 22.4 Å².